The van der Waals surface area contributed by atoms with Crippen molar-refractivity contribution in [2.75, 3.05) is 10.6 Å². The van der Waals surface area contributed by atoms with Crippen LogP contribution in [0.3, 0.4) is 0 Å². The Balaban J connectivity index is 1.66. The monoisotopic (exact) mass is 358 g/mol. The summed E-state index contributed by atoms with van der Waals surface area (Å²) in [6, 6.07) is 12.8. The zero-order valence-corrected chi connectivity index (χ0v) is 13.6. The van der Waals surface area contributed by atoms with Gasteiger partial charge in [-0.2, -0.15) is 0 Å². The smallest absolute Gasteiger partial charge is 0.265 e. The van der Waals surface area contributed by atoms with Crippen LogP contribution in [0.15, 0.2) is 60.0 Å². The van der Waals surface area contributed by atoms with Gasteiger partial charge >= 0.3 is 0 Å². The van der Waals surface area contributed by atoms with Crippen molar-refractivity contribution in [1.29, 1.82) is 0 Å². The lowest BCUT2D eigenvalue weighted by molar-refractivity contribution is 0.102. The van der Waals surface area contributed by atoms with Crippen molar-refractivity contribution >= 4 is 34.5 Å². The van der Waals surface area contributed by atoms with Gasteiger partial charge < -0.3 is 10.6 Å². The summed E-state index contributed by atoms with van der Waals surface area (Å²) in [5.74, 6) is -2.72. The average molecular weight is 358 g/mol. The predicted octanol–water partition coefficient (Wildman–Crippen LogP) is 4.53. The zero-order chi connectivity index (χ0) is 17.8. The van der Waals surface area contributed by atoms with Crippen molar-refractivity contribution < 1.29 is 18.4 Å². The maximum Gasteiger partial charge on any atom is 0.265 e. The normalized spacial score (nSPS) is 10.3. The standard InChI is InChI=1S/C18H12F2N2O2S/c19-14-8-7-13(10-15(14)20)22-17(23)11-3-5-12(6-4-11)21-18(24)16-2-1-9-25-16/h1-10H,(H,21,24)(H,22,23). The van der Waals surface area contributed by atoms with E-state index in [0.717, 1.165) is 12.1 Å². The van der Waals surface area contributed by atoms with Crippen molar-refractivity contribution in [2.24, 2.45) is 0 Å². The minimum Gasteiger partial charge on any atom is -0.322 e. The van der Waals surface area contributed by atoms with Crippen molar-refractivity contribution in [3.8, 4) is 0 Å². The van der Waals surface area contributed by atoms with Gasteiger partial charge in [0.15, 0.2) is 11.6 Å². The lowest BCUT2D eigenvalue weighted by Crippen LogP contribution is -2.13. The molecule has 0 atom stereocenters. The van der Waals surface area contributed by atoms with Crippen LogP contribution >= 0.6 is 11.3 Å². The van der Waals surface area contributed by atoms with E-state index < -0.39 is 17.5 Å². The molecule has 0 spiro atoms. The highest BCUT2D eigenvalue weighted by molar-refractivity contribution is 7.12. The molecule has 2 amide bonds. The van der Waals surface area contributed by atoms with Gasteiger partial charge in [0.1, 0.15) is 0 Å². The molecule has 1 aromatic heterocycles. The van der Waals surface area contributed by atoms with Crippen molar-refractivity contribution in [3.05, 3.63) is 82.1 Å². The van der Waals surface area contributed by atoms with Gasteiger partial charge in [0.25, 0.3) is 11.8 Å². The fourth-order valence-electron chi connectivity index (χ4n) is 2.08. The second-order valence-electron chi connectivity index (χ2n) is 5.09. The Morgan fingerprint density at radius 3 is 2.12 bits per heavy atom. The third-order valence-electron chi connectivity index (χ3n) is 3.33. The molecule has 0 saturated heterocycles. The van der Waals surface area contributed by atoms with E-state index in [9.17, 15) is 18.4 Å². The first-order valence-electron chi connectivity index (χ1n) is 7.24. The molecule has 0 saturated carbocycles. The number of anilines is 2. The maximum atomic E-state index is 13.2. The van der Waals surface area contributed by atoms with Crippen LogP contribution in [0, 0.1) is 11.6 Å². The number of thiophene rings is 1. The predicted molar refractivity (Wildman–Crippen MR) is 93.0 cm³/mol. The van der Waals surface area contributed by atoms with Crippen molar-refractivity contribution in [3.63, 3.8) is 0 Å². The molecule has 126 valence electrons. The van der Waals surface area contributed by atoms with Gasteiger partial charge in [-0.15, -0.1) is 11.3 Å². The lowest BCUT2D eigenvalue weighted by atomic mass is 10.2. The number of hydrogen-bond acceptors (Lipinski definition) is 3. The SMILES string of the molecule is O=C(Nc1ccc(F)c(F)c1)c1ccc(NC(=O)c2cccs2)cc1. The topological polar surface area (TPSA) is 58.2 Å². The molecule has 2 aromatic carbocycles. The Morgan fingerprint density at radius 1 is 0.800 bits per heavy atom. The molecule has 0 radical (unpaired) electrons. The number of rotatable bonds is 4. The number of nitrogens with one attached hydrogen (secondary N) is 2. The quantitative estimate of drug-likeness (QED) is 0.720. The Kier molecular flexibility index (Phi) is 4.85. The van der Waals surface area contributed by atoms with E-state index in [1.54, 1.807) is 29.6 Å². The summed E-state index contributed by atoms with van der Waals surface area (Å²) in [6.07, 6.45) is 0. The van der Waals surface area contributed by atoms with Crippen LogP contribution in [0.1, 0.15) is 20.0 Å². The third kappa shape index (κ3) is 4.07. The molecule has 7 heteroatoms. The number of benzene rings is 2. The van der Waals surface area contributed by atoms with Crippen LogP contribution in [-0.2, 0) is 0 Å². The third-order valence-corrected chi connectivity index (χ3v) is 4.20. The molecule has 0 bridgehead atoms. The van der Waals surface area contributed by atoms with E-state index in [0.29, 0.717) is 16.1 Å². The molecule has 0 aliphatic heterocycles. The van der Waals surface area contributed by atoms with E-state index >= 15 is 0 Å². The van der Waals surface area contributed by atoms with Gasteiger partial charge in [-0.25, -0.2) is 8.78 Å². The minimum absolute atomic E-state index is 0.152. The van der Waals surface area contributed by atoms with Gasteiger partial charge in [-0.1, -0.05) is 6.07 Å². The van der Waals surface area contributed by atoms with E-state index in [-0.39, 0.29) is 11.6 Å². The molecular formula is C18H12F2N2O2S. The first-order chi connectivity index (χ1) is 12.0. The first kappa shape index (κ1) is 16.8. The average Bonchev–Trinajstić information content (AvgIpc) is 3.13. The molecule has 25 heavy (non-hydrogen) atoms. The summed E-state index contributed by atoms with van der Waals surface area (Å²) < 4.78 is 26.0. The molecule has 0 aliphatic rings. The van der Waals surface area contributed by atoms with Gasteiger partial charge in [0, 0.05) is 23.0 Å². The fraction of sp³-hybridized carbons (Fsp3) is 0. The number of hydrogen-bond donors (Lipinski definition) is 2. The highest BCUT2D eigenvalue weighted by Crippen LogP contribution is 2.17. The van der Waals surface area contributed by atoms with Crippen LogP contribution < -0.4 is 10.6 Å². The van der Waals surface area contributed by atoms with Gasteiger partial charge in [0.05, 0.1) is 4.88 Å². The Labute approximate surface area is 146 Å². The molecule has 4 nitrogen and oxygen atoms in total. The molecular weight excluding hydrogens is 346 g/mol. The van der Waals surface area contributed by atoms with Crippen LogP contribution in [0.25, 0.3) is 0 Å². The first-order valence-corrected chi connectivity index (χ1v) is 8.12. The number of amides is 2. The van der Waals surface area contributed by atoms with Crippen LogP contribution in [0.4, 0.5) is 20.2 Å². The highest BCUT2D eigenvalue weighted by Gasteiger charge is 2.10. The number of carbonyl (C=O) groups is 2. The number of carbonyl (C=O) groups excluding carboxylic acids is 2. The Bertz CT molecular complexity index is 909. The minimum atomic E-state index is -1.04. The lowest BCUT2D eigenvalue weighted by Gasteiger charge is -2.07. The van der Waals surface area contributed by atoms with E-state index in [1.807, 2.05) is 0 Å². The molecule has 3 rings (SSSR count). The fourth-order valence-corrected chi connectivity index (χ4v) is 2.70. The highest BCUT2D eigenvalue weighted by atomic mass is 32.1. The maximum absolute atomic E-state index is 13.2. The Morgan fingerprint density at radius 2 is 1.48 bits per heavy atom. The van der Waals surface area contributed by atoms with Crippen molar-refractivity contribution in [1.82, 2.24) is 0 Å². The summed E-state index contributed by atoms with van der Waals surface area (Å²) in [5.41, 5.74) is 1.01. The van der Waals surface area contributed by atoms with Crippen molar-refractivity contribution in [2.45, 2.75) is 0 Å². The second-order valence-corrected chi connectivity index (χ2v) is 6.04. The summed E-state index contributed by atoms with van der Waals surface area (Å²) in [4.78, 5) is 24.6. The van der Waals surface area contributed by atoms with Gasteiger partial charge in [0.2, 0.25) is 0 Å². The van der Waals surface area contributed by atoms with Crippen LogP contribution in [0.5, 0.6) is 0 Å². The van der Waals surface area contributed by atoms with Crippen LogP contribution in [-0.4, -0.2) is 11.8 Å². The second kappa shape index (κ2) is 7.23. The van der Waals surface area contributed by atoms with E-state index in [2.05, 4.69) is 10.6 Å². The molecule has 0 unspecified atom stereocenters. The van der Waals surface area contributed by atoms with Gasteiger partial charge in [-0.05, 0) is 47.8 Å². The van der Waals surface area contributed by atoms with E-state index in [1.165, 1.54) is 29.5 Å². The zero-order valence-electron chi connectivity index (χ0n) is 12.8. The summed E-state index contributed by atoms with van der Waals surface area (Å²) >= 11 is 1.33. The summed E-state index contributed by atoms with van der Waals surface area (Å²) in [5, 5.41) is 7.01. The number of halogens is 2. The van der Waals surface area contributed by atoms with E-state index in [4.69, 9.17) is 0 Å². The molecule has 2 N–H and O–H groups in total. The van der Waals surface area contributed by atoms with Crippen LogP contribution in [0.2, 0.25) is 0 Å². The molecule has 1 heterocycles. The van der Waals surface area contributed by atoms with Gasteiger partial charge in [-0.3, -0.25) is 9.59 Å². The molecule has 3 aromatic rings. The Hall–Kier alpha value is -3.06. The molecule has 0 fully saturated rings. The molecule has 0 aliphatic carbocycles. The summed E-state index contributed by atoms with van der Waals surface area (Å²) in [7, 11) is 0. The summed E-state index contributed by atoms with van der Waals surface area (Å²) in [6.45, 7) is 0. The largest absolute Gasteiger partial charge is 0.322 e.